The van der Waals surface area contributed by atoms with Gasteiger partial charge >= 0.3 is 0 Å². The fraction of sp³-hybridized carbons (Fsp3) is 0.538. The highest BCUT2D eigenvalue weighted by Gasteiger charge is 2.21. The van der Waals surface area contributed by atoms with Crippen LogP contribution >= 0.6 is 11.8 Å². The Hall–Kier alpha value is -0.670. The molecule has 1 unspecified atom stereocenters. The van der Waals surface area contributed by atoms with E-state index in [1.807, 2.05) is 11.8 Å². The molecule has 88 valence electrons. The first-order chi connectivity index (χ1) is 7.72. The largest absolute Gasteiger partial charge is 0.370 e. The summed E-state index contributed by atoms with van der Waals surface area (Å²) < 4.78 is 0. The molecular formula is C13H20N2S. The van der Waals surface area contributed by atoms with E-state index in [0.29, 0.717) is 12.6 Å². The number of nitrogens with two attached hydrogens (primary N) is 1. The van der Waals surface area contributed by atoms with Gasteiger partial charge in [-0.25, -0.2) is 0 Å². The highest BCUT2D eigenvalue weighted by atomic mass is 32.2. The number of hydrogen-bond acceptors (Lipinski definition) is 3. The van der Waals surface area contributed by atoms with Crippen molar-refractivity contribution in [1.82, 2.24) is 0 Å². The van der Waals surface area contributed by atoms with Crippen LogP contribution in [-0.2, 0) is 6.54 Å². The van der Waals surface area contributed by atoms with Crippen molar-refractivity contribution in [3.05, 3.63) is 29.3 Å². The second kappa shape index (κ2) is 5.11. The summed E-state index contributed by atoms with van der Waals surface area (Å²) in [7, 11) is 2.19. The first-order valence-corrected chi connectivity index (χ1v) is 6.98. The third-order valence-electron chi connectivity index (χ3n) is 3.29. The van der Waals surface area contributed by atoms with Crippen molar-refractivity contribution >= 4 is 17.4 Å². The SMILES string of the molecule is Cc1ccc(N(C)C2CCSC2)c(CN)c1. The van der Waals surface area contributed by atoms with Crippen molar-refractivity contribution in [2.75, 3.05) is 23.5 Å². The molecule has 1 aliphatic rings. The van der Waals surface area contributed by atoms with Crippen LogP contribution in [0.15, 0.2) is 18.2 Å². The van der Waals surface area contributed by atoms with E-state index in [2.05, 4.69) is 37.1 Å². The van der Waals surface area contributed by atoms with Gasteiger partial charge in [0.05, 0.1) is 0 Å². The summed E-state index contributed by atoms with van der Waals surface area (Å²) in [5, 5.41) is 0. The van der Waals surface area contributed by atoms with Crippen LogP contribution in [-0.4, -0.2) is 24.6 Å². The molecular weight excluding hydrogens is 216 g/mol. The molecule has 2 rings (SSSR count). The van der Waals surface area contributed by atoms with Gasteiger partial charge in [0.1, 0.15) is 0 Å². The highest BCUT2D eigenvalue weighted by Crippen LogP contribution is 2.28. The lowest BCUT2D eigenvalue weighted by Gasteiger charge is -2.28. The molecule has 0 saturated carbocycles. The Labute approximate surface area is 102 Å². The number of thioether (sulfide) groups is 1. The molecule has 3 heteroatoms. The van der Waals surface area contributed by atoms with E-state index in [-0.39, 0.29) is 0 Å². The Bertz CT molecular complexity index is 359. The van der Waals surface area contributed by atoms with Crippen LogP contribution in [0, 0.1) is 6.92 Å². The lowest BCUT2D eigenvalue weighted by Crippen LogP contribution is -2.32. The third kappa shape index (κ3) is 2.36. The van der Waals surface area contributed by atoms with Crippen LogP contribution in [0.4, 0.5) is 5.69 Å². The maximum atomic E-state index is 5.82. The smallest absolute Gasteiger partial charge is 0.0412 e. The van der Waals surface area contributed by atoms with E-state index in [9.17, 15) is 0 Å². The molecule has 0 spiro atoms. The minimum Gasteiger partial charge on any atom is -0.370 e. The van der Waals surface area contributed by atoms with Gasteiger partial charge in [0.2, 0.25) is 0 Å². The minimum atomic E-state index is 0.626. The highest BCUT2D eigenvalue weighted by molar-refractivity contribution is 7.99. The van der Waals surface area contributed by atoms with Gasteiger partial charge in [-0.1, -0.05) is 17.7 Å². The summed E-state index contributed by atoms with van der Waals surface area (Å²) >= 11 is 2.05. The van der Waals surface area contributed by atoms with Gasteiger partial charge in [-0.05, 0) is 30.7 Å². The number of rotatable bonds is 3. The van der Waals surface area contributed by atoms with Crippen LogP contribution in [0.1, 0.15) is 17.5 Å². The zero-order valence-corrected chi connectivity index (χ0v) is 10.9. The Morgan fingerprint density at radius 3 is 2.94 bits per heavy atom. The molecule has 1 aromatic carbocycles. The number of aryl methyl sites for hydroxylation is 1. The van der Waals surface area contributed by atoms with Crippen molar-refractivity contribution in [1.29, 1.82) is 0 Å². The van der Waals surface area contributed by atoms with Crippen molar-refractivity contribution in [3.8, 4) is 0 Å². The molecule has 2 nitrogen and oxygen atoms in total. The number of benzene rings is 1. The Morgan fingerprint density at radius 1 is 1.50 bits per heavy atom. The molecule has 1 aliphatic heterocycles. The normalized spacial score (nSPS) is 20.1. The molecule has 0 bridgehead atoms. The molecule has 0 aromatic heterocycles. The molecule has 1 heterocycles. The third-order valence-corrected chi connectivity index (χ3v) is 4.43. The Kier molecular flexibility index (Phi) is 3.77. The van der Waals surface area contributed by atoms with Gasteiger partial charge < -0.3 is 10.6 Å². The van der Waals surface area contributed by atoms with Gasteiger partial charge in [0, 0.05) is 31.1 Å². The average Bonchev–Trinajstić information content (AvgIpc) is 2.81. The molecule has 1 aromatic rings. The summed E-state index contributed by atoms with van der Waals surface area (Å²) in [5.41, 5.74) is 9.68. The first-order valence-electron chi connectivity index (χ1n) is 5.82. The van der Waals surface area contributed by atoms with Crippen LogP contribution in [0.2, 0.25) is 0 Å². The molecule has 1 saturated heterocycles. The maximum absolute atomic E-state index is 5.82. The standard InChI is InChI=1S/C13H20N2S/c1-10-3-4-13(11(7-10)8-14)15(2)12-5-6-16-9-12/h3-4,7,12H,5-6,8-9,14H2,1-2H3. The molecule has 1 fully saturated rings. The molecule has 2 N–H and O–H groups in total. The zero-order valence-electron chi connectivity index (χ0n) is 10.1. The second-order valence-electron chi connectivity index (χ2n) is 4.46. The van der Waals surface area contributed by atoms with Gasteiger partial charge in [0.25, 0.3) is 0 Å². The summed E-state index contributed by atoms with van der Waals surface area (Å²) in [5.74, 6) is 2.53. The Morgan fingerprint density at radius 2 is 2.31 bits per heavy atom. The summed E-state index contributed by atoms with van der Waals surface area (Å²) in [6.07, 6.45) is 1.29. The van der Waals surface area contributed by atoms with Crippen LogP contribution in [0.3, 0.4) is 0 Å². The molecule has 0 radical (unpaired) electrons. The molecule has 0 amide bonds. The van der Waals surface area contributed by atoms with Crippen molar-refractivity contribution in [2.24, 2.45) is 5.73 Å². The van der Waals surface area contributed by atoms with Gasteiger partial charge in [-0.3, -0.25) is 0 Å². The van der Waals surface area contributed by atoms with E-state index in [1.54, 1.807) is 0 Å². The van der Waals surface area contributed by atoms with Crippen molar-refractivity contribution in [3.63, 3.8) is 0 Å². The van der Waals surface area contributed by atoms with Crippen LogP contribution < -0.4 is 10.6 Å². The van der Waals surface area contributed by atoms with Gasteiger partial charge in [-0.2, -0.15) is 11.8 Å². The number of nitrogens with zero attached hydrogens (tertiary/aromatic N) is 1. The van der Waals surface area contributed by atoms with E-state index in [0.717, 1.165) is 0 Å². The minimum absolute atomic E-state index is 0.626. The second-order valence-corrected chi connectivity index (χ2v) is 5.61. The van der Waals surface area contributed by atoms with Crippen molar-refractivity contribution < 1.29 is 0 Å². The zero-order chi connectivity index (χ0) is 11.5. The fourth-order valence-corrected chi connectivity index (χ4v) is 3.51. The fourth-order valence-electron chi connectivity index (χ4n) is 2.25. The topological polar surface area (TPSA) is 29.3 Å². The predicted molar refractivity (Wildman–Crippen MR) is 73.2 cm³/mol. The van der Waals surface area contributed by atoms with E-state index in [4.69, 9.17) is 5.73 Å². The van der Waals surface area contributed by atoms with Gasteiger partial charge in [0.15, 0.2) is 0 Å². The van der Waals surface area contributed by atoms with Crippen LogP contribution in [0.25, 0.3) is 0 Å². The first kappa shape index (κ1) is 11.8. The molecule has 1 atom stereocenters. The van der Waals surface area contributed by atoms with Crippen molar-refractivity contribution in [2.45, 2.75) is 25.9 Å². The van der Waals surface area contributed by atoms with Crippen LogP contribution in [0.5, 0.6) is 0 Å². The number of anilines is 1. The summed E-state index contributed by atoms with van der Waals surface area (Å²) in [4.78, 5) is 2.40. The van der Waals surface area contributed by atoms with Gasteiger partial charge in [-0.15, -0.1) is 0 Å². The monoisotopic (exact) mass is 236 g/mol. The predicted octanol–water partition coefficient (Wildman–Crippen LogP) is 2.40. The number of hydrogen-bond donors (Lipinski definition) is 1. The lowest BCUT2D eigenvalue weighted by atomic mass is 10.1. The summed E-state index contributed by atoms with van der Waals surface area (Å²) in [6, 6.07) is 7.26. The molecule has 16 heavy (non-hydrogen) atoms. The van der Waals surface area contributed by atoms with E-state index < -0.39 is 0 Å². The average molecular weight is 236 g/mol. The van der Waals surface area contributed by atoms with E-state index in [1.165, 1.54) is 34.7 Å². The molecule has 0 aliphatic carbocycles. The quantitative estimate of drug-likeness (QED) is 0.874. The summed E-state index contributed by atoms with van der Waals surface area (Å²) in [6.45, 7) is 2.75. The lowest BCUT2D eigenvalue weighted by molar-refractivity contribution is 0.696. The maximum Gasteiger partial charge on any atom is 0.0412 e. The van der Waals surface area contributed by atoms with E-state index >= 15 is 0 Å². The Balaban J connectivity index is 2.24.